The van der Waals surface area contributed by atoms with Crippen LogP contribution in [-0.4, -0.2) is 11.2 Å². The Morgan fingerprint density at radius 1 is 1.45 bits per heavy atom. The van der Waals surface area contributed by atoms with Crippen molar-refractivity contribution in [3.05, 3.63) is 37.1 Å². The largest absolute Gasteiger partial charge is 0.250 e. The molecule has 0 amide bonds. The maximum atomic E-state index is 4.16. The Morgan fingerprint density at radius 2 is 2.09 bits per heavy atom. The molecule has 0 saturated heterocycles. The Labute approximate surface area is 72.6 Å². The molecule has 0 fully saturated rings. The van der Waals surface area contributed by atoms with E-state index in [1.54, 1.807) is 11.8 Å². The van der Waals surface area contributed by atoms with E-state index in [9.17, 15) is 0 Å². The van der Waals surface area contributed by atoms with Crippen LogP contribution in [0.2, 0.25) is 0 Å². The number of hydrogen-bond donors (Lipinski definition) is 0. The normalized spacial score (nSPS) is 8.18. The highest BCUT2D eigenvalue weighted by atomic mass is 32.2. The molecule has 0 bridgehead atoms. The Hall–Kier alpha value is -0.760. The summed E-state index contributed by atoms with van der Waals surface area (Å²) in [6, 6.07) is 4.02. The average molecular weight is 167 g/mol. The van der Waals surface area contributed by atoms with Crippen molar-refractivity contribution in [3.8, 4) is 0 Å². The summed E-state index contributed by atoms with van der Waals surface area (Å²) < 4.78 is 0. The zero-order valence-corrected chi connectivity index (χ0v) is 7.82. The zero-order valence-electron chi connectivity index (χ0n) is 7.00. The van der Waals surface area contributed by atoms with Crippen molar-refractivity contribution in [3.63, 3.8) is 0 Å². The van der Waals surface area contributed by atoms with Crippen LogP contribution in [0.25, 0.3) is 0 Å². The van der Waals surface area contributed by atoms with E-state index in [1.165, 1.54) is 5.56 Å². The second-order valence-corrected chi connectivity index (χ2v) is 2.62. The Kier molecular flexibility index (Phi) is 5.57. The minimum Gasteiger partial charge on any atom is -0.250 e. The minimum absolute atomic E-state index is 1.12. The van der Waals surface area contributed by atoms with Crippen molar-refractivity contribution >= 4 is 11.8 Å². The van der Waals surface area contributed by atoms with E-state index in [0.29, 0.717) is 0 Å². The van der Waals surface area contributed by atoms with Crippen LogP contribution in [0.15, 0.2) is 36.5 Å². The lowest BCUT2D eigenvalue weighted by Crippen LogP contribution is -1.80. The number of thioether (sulfide) groups is 1. The molecule has 11 heavy (non-hydrogen) atoms. The van der Waals surface area contributed by atoms with Gasteiger partial charge in [-0.2, -0.15) is 0 Å². The SMILES string of the molecule is C=C.CSc1ncccc1C. The zero-order chi connectivity index (χ0) is 8.69. The standard InChI is InChI=1S/C7H9NS.C2H4/c1-6-4-3-5-8-7(6)9-2;1-2/h3-5H,1-2H3;1-2H2. The molecule has 0 N–H and O–H groups in total. The lowest BCUT2D eigenvalue weighted by atomic mass is 10.3. The van der Waals surface area contributed by atoms with Crippen LogP contribution in [0.5, 0.6) is 0 Å². The monoisotopic (exact) mass is 167 g/mol. The molecule has 0 saturated carbocycles. The van der Waals surface area contributed by atoms with Crippen LogP contribution in [-0.2, 0) is 0 Å². The van der Waals surface area contributed by atoms with Gasteiger partial charge in [-0.05, 0) is 24.8 Å². The molecule has 1 heterocycles. The average Bonchev–Trinajstić information content (AvgIpc) is 2.09. The van der Waals surface area contributed by atoms with Gasteiger partial charge in [0, 0.05) is 6.20 Å². The number of aromatic nitrogens is 1. The molecule has 0 unspecified atom stereocenters. The van der Waals surface area contributed by atoms with Gasteiger partial charge in [-0.25, -0.2) is 4.98 Å². The van der Waals surface area contributed by atoms with Gasteiger partial charge in [0.1, 0.15) is 0 Å². The van der Waals surface area contributed by atoms with Crippen molar-refractivity contribution in [2.75, 3.05) is 6.26 Å². The Balaban J connectivity index is 0.000000461. The molecule has 1 rings (SSSR count). The van der Waals surface area contributed by atoms with E-state index < -0.39 is 0 Å². The number of aryl methyl sites for hydroxylation is 1. The smallest absolute Gasteiger partial charge is 0.0986 e. The number of rotatable bonds is 1. The molecule has 60 valence electrons. The van der Waals surface area contributed by atoms with E-state index in [1.807, 2.05) is 18.5 Å². The van der Waals surface area contributed by atoms with Gasteiger partial charge in [0.15, 0.2) is 0 Å². The van der Waals surface area contributed by atoms with E-state index in [0.717, 1.165) is 5.03 Å². The summed E-state index contributed by atoms with van der Waals surface area (Å²) in [4.78, 5) is 4.16. The summed E-state index contributed by atoms with van der Waals surface area (Å²) in [6.07, 6.45) is 3.86. The van der Waals surface area contributed by atoms with Gasteiger partial charge in [-0.15, -0.1) is 24.9 Å². The first kappa shape index (κ1) is 10.2. The van der Waals surface area contributed by atoms with Crippen LogP contribution >= 0.6 is 11.8 Å². The molecule has 0 aliphatic rings. The molecule has 1 nitrogen and oxygen atoms in total. The second-order valence-electron chi connectivity index (χ2n) is 1.83. The lowest BCUT2D eigenvalue weighted by Gasteiger charge is -1.96. The van der Waals surface area contributed by atoms with Crippen LogP contribution in [0.3, 0.4) is 0 Å². The van der Waals surface area contributed by atoms with Gasteiger partial charge < -0.3 is 0 Å². The number of pyridine rings is 1. The first-order chi connectivity index (χ1) is 5.34. The van der Waals surface area contributed by atoms with Gasteiger partial charge >= 0.3 is 0 Å². The summed E-state index contributed by atoms with van der Waals surface area (Å²) in [7, 11) is 0. The molecular formula is C9H13NS. The summed E-state index contributed by atoms with van der Waals surface area (Å²) in [5.74, 6) is 0. The van der Waals surface area contributed by atoms with E-state index >= 15 is 0 Å². The molecule has 0 aliphatic heterocycles. The second kappa shape index (κ2) is 5.98. The fourth-order valence-electron chi connectivity index (χ4n) is 0.685. The van der Waals surface area contributed by atoms with Crippen LogP contribution in [0.4, 0.5) is 0 Å². The molecule has 0 spiro atoms. The van der Waals surface area contributed by atoms with Crippen molar-refractivity contribution in [2.24, 2.45) is 0 Å². The van der Waals surface area contributed by atoms with E-state index in [4.69, 9.17) is 0 Å². The third-order valence-electron chi connectivity index (χ3n) is 1.15. The molecule has 2 heteroatoms. The lowest BCUT2D eigenvalue weighted by molar-refractivity contribution is 1.08. The Morgan fingerprint density at radius 3 is 2.45 bits per heavy atom. The predicted octanol–water partition coefficient (Wildman–Crippen LogP) is 2.91. The highest BCUT2D eigenvalue weighted by Crippen LogP contribution is 2.14. The van der Waals surface area contributed by atoms with Gasteiger partial charge in [0.25, 0.3) is 0 Å². The molecule has 1 aromatic heterocycles. The van der Waals surface area contributed by atoms with Crippen molar-refractivity contribution in [1.29, 1.82) is 0 Å². The van der Waals surface area contributed by atoms with Gasteiger partial charge in [-0.1, -0.05) is 6.07 Å². The van der Waals surface area contributed by atoms with Crippen molar-refractivity contribution < 1.29 is 0 Å². The first-order valence-corrected chi connectivity index (χ1v) is 4.52. The fraction of sp³-hybridized carbons (Fsp3) is 0.222. The van der Waals surface area contributed by atoms with E-state index in [-0.39, 0.29) is 0 Å². The summed E-state index contributed by atoms with van der Waals surface area (Å²) in [5.41, 5.74) is 1.25. The van der Waals surface area contributed by atoms with Gasteiger partial charge in [0.2, 0.25) is 0 Å². The molecule has 0 radical (unpaired) electrons. The number of hydrogen-bond acceptors (Lipinski definition) is 2. The van der Waals surface area contributed by atoms with Crippen LogP contribution < -0.4 is 0 Å². The van der Waals surface area contributed by atoms with Gasteiger partial charge in [-0.3, -0.25) is 0 Å². The quantitative estimate of drug-likeness (QED) is 0.471. The third kappa shape index (κ3) is 3.23. The maximum absolute atomic E-state index is 4.16. The minimum atomic E-state index is 1.12. The fourth-order valence-corrected chi connectivity index (χ4v) is 1.24. The summed E-state index contributed by atoms with van der Waals surface area (Å²) in [6.45, 7) is 8.07. The van der Waals surface area contributed by atoms with Gasteiger partial charge in [0.05, 0.1) is 5.03 Å². The molecular weight excluding hydrogens is 154 g/mol. The van der Waals surface area contributed by atoms with Crippen molar-refractivity contribution in [2.45, 2.75) is 11.9 Å². The highest BCUT2D eigenvalue weighted by Gasteiger charge is 1.92. The molecule has 1 aromatic rings. The molecule has 0 aromatic carbocycles. The Bertz CT molecular complexity index is 210. The first-order valence-electron chi connectivity index (χ1n) is 3.30. The molecule has 0 atom stereocenters. The number of nitrogens with zero attached hydrogens (tertiary/aromatic N) is 1. The maximum Gasteiger partial charge on any atom is 0.0986 e. The van der Waals surface area contributed by atoms with Crippen molar-refractivity contribution in [1.82, 2.24) is 4.98 Å². The topological polar surface area (TPSA) is 12.9 Å². The predicted molar refractivity (Wildman–Crippen MR) is 52.0 cm³/mol. The van der Waals surface area contributed by atoms with Crippen LogP contribution in [0, 0.1) is 6.92 Å². The summed E-state index contributed by atoms with van der Waals surface area (Å²) in [5, 5.41) is 1.12. The van der Waals surface area contributed by atoms with Crippen LogP contribution in [0.1, 0.15) is 5.56 Å². The molecule has 0 aliphatic carbocycles. The van der Waals surface area contributed by atoms with E-state index in [2.05, 4.69) is 31.1 Å². The highest BCUT2D eigenvalue weighted by molar-refractivity contribution is 7.98. The third-order valence-corrected chi connectivity index (χ3v) is 1.97. The summed E-state index contributed by atoms with van der Waals surface area (Å²) >= 11 is 1.68.